The number of aromatic nitrogens is 2. The van der Waals surface area contributed by atoms with Gasteiger partial charge in [-0.05, 0) is 12.1 Å². The van der Waals surface area contributed by atoms with E-state index in [0.717, 1.165) is 23.0 Å². The van der Waals surface area contributed by atoms with Gasteiger partial charge >= 0.3 is 0 Å². The molecule has 0 saturated heterocycles. The molecule has 1 heterocycles. The molecule has 18 heavy (non-hydrogen) atoms. The van der Waals surface area contributed by atoms with Crippen LogP contribution in [0.1, 0.15) is 0 Å². The van der Waals surface area contributed by atoms with Crippen LogP contribution in [0, 0.1) is 0 Å². The maximum absolute atomic E-state index is 4.38. The molecule has 0 aliphatic carbocycles. The number of benzene rings is 1. The van der Waals surface area contributed by atoms with Crippen molar-refractivity contribution in [1.29, 1.82) is 0 Å². The number of hydrogen-bond acceptors (Lipinski definition) is 5. The summed E-state index contributed by atoms with van der Waals surface area (Å²) in [6.07, 6.45) is 3.39. The van der Waals surface area contributed by atoms with Crippen LogP contribution in [0.2, 0.25) is 0 Å². The summed E-state index contributed by atoms with van der Waals surface area (Å²) in [4.78, 5) is 10.6. The van der Waals surface area contributed by atoms with E-state index in [9.17, 15) is 0 Å². The van der Waals surface area contributed by atoms with E-state index in [1.54, 1.807) is 12.4 Å². The summed E-state index contributed by atoms with van der Waals surface area (Å²) in [5, 5.41) is 6.24. The van der Waals surface area contributed by atoms with Crippen molar-refractivity contribution in [2.45, 2.75) is 0 Å². The number of para-hydroxylation sites is 2. The minimum absolute atomic E-state index is 0.719. The lowest BCUT2D eigenvalue weighted by molar-refractivity contribution is 1.13. The molecule has 0 saturated carbocycles. The zero-order valence-electron chi connectivity index (χ0n) is 10.8. The highest BCUT2D eigenvalue weighted by molar-refractivity contribution is 5.73. The van der Waals surface area contributed by atoms with Crippen LogP contribution >= 0.6 is 0 Å². The second kappa shape index (κ2) is 5.35. The third kappa shape index (κ3) is 2.68. The van der Waals surface area contributed by atoms with Crippen molar-refractivity contribution in [2.24, 2.45) is 0 Å². The third-order valence-electron chi connectivity index (χ3n) is 2.54. The van der Waals surface area contributed by atoms with Gasteiger partial charge < -0.3 is 15.5 Å². The molecule has 0 aliphatic heterocycles. The van der Waals surface area contributed by atoms with Crippen molar-refractivity contribution >= 4 is 23.0 Å². The Labute approximate surface area is 107 Å². The predicted octanol–water partition coefficient (Wildman–Crippen LogP) is 2.33. The Balaban J connectivity index is 2.28. The Kier molecular flexibility index (Phi) is 3.62. The van der Waals surface area contributed by atoms with Gasteiger partial charge in [0.05, 0.1) is 23.8 Å². The van der Waals surface area contributed by atoms with Gasteiger partial charge in [0.25, 0.3) is 0 Å². The molecule has 0 amide bonds. The Morgan fingerprint density at radius 2 is 1.78 bits per heavy atom. The first-order valence-corrected chi connectivity index (χ1v) is 5.74. The van der Waals surface area contributed by atoms with Gasteiger partial charge in [0, 0.05) is 21.1 Å². The second-order valence-corrected chi connectivity index (χ2v) is 4.08. The van der Waals surface area contributed by atoms with E-state index in [4.69, 9.17) is 0 Å². The fourth-order valence-corrected chi connectivity index (χ4v) is 1.65. The number of nitrogens with one attached hydrogen (secondary N) is 2. The quantitative estimate of drug-likeness (QED) is 0.863. The highest BCUT2D eigenvalue weighted by Gasteiger charge is 2.04. The molecule has 5 heteroatoms. The molecule has 0 fully saturated rings. The fourth-order valence-electron chi connectivity index (χ4n) is 1.65. The second-order valence-electron chi connectivity index (χ2n) is 4.08. The van der Waals surface area contributed by atoms with Gasteiger partial charge in [-0.3, -0.25) is 4.98 Å². The van der Waals surface area contributed by atoms with Crippen molar-refractivity contribution < 1.29 is 0 Å². The van der Waals surface area contributed by atoms with Crippen LogP contribution in [0.25, 0.3) is 0 Å². The Morgan fingerprint density at radius 1 is 1.06 bits per heavy atom. The van der Waals surface area contributed by atoms with E-state index in [-0.39, 0.29) is 0 Å². The Bertz CT molecular complexity index is 524. The maximum Gasteiger partial charge on any atom is 0.151 e. The number of nitrogens with zero attached hydrogens (tertiary/aromatic N) is 3. The summed E-state index contributed by atoms with van der Waals surface area (Å²) >= 11 is 0. The standard InChI is InChI=1S/C13H17N5/c1-14-12-8-15-9-13(17-12)16-10-6-4-5-7-11(10)18(2)3/h4-9H,1-3H3,(H2,14,16,17). The highest BCUT2D eigenvalue weighted by atomic mass is 15.1. The summed E-state index contributed by atoms with van der Waals surface area (Å²) in [7, 11) is 5.84. The summed E-state index contributed by atoms with van der Waals surface area (Å²) in [6.45, 7) is 0. The van der Waals surface area contributed by atoms with Crippen molar-refractivity contribution in [3.63, 3.8) is 0 Å². The fraction of sp³-hybridized carbons (Fsp3) is 0.231. The summed E-state index contributed by atoms with van der Waals surface area (Å²) < 4.78 is 0. The van der Waals surface area contributed by atoms with Crippen LogP contribution in [-0.2, 0) is 0 Å². The van der Waals surface area contributed by atoms with E-state index < -0.39 is 0 Å². The first-order valence-electron chi connectivity index (χ1n) is 5.74. The average Bonchev–Trinajstić information content (AvgIpc) is 2.39. The van der Waals surface area contributed by atoms with E-state index in [1.807, 2.05) is 39.3 Å². The molecule has 0 radical (unpaired) electrons. The van der Waals surface area contributed by atoms with E-state index in [1.165, 1.54) is 0 Å². The largest absolute Gasteiger partial charge is 0.376 e. The average molecular weight is 243 g/mol. The zero-order valence-corrected chi connectivity index (χ0v) is 10.8. The molecule has 94 valence electrons. The van der Waals surface area contributed by atoms with Crippen molar-refractivity contribution in [1.82, 2.24) is 9.97 Å². The molecule has 0 aliphatic rings. The van der Waals surface area contributed by atoms with Crippen molar-refractivity contribution in [2.75, 3.05) is 36.7 Å². The topological polar surface area (TPSA) is 53.1 Å². The summed E-state index contributed by atoms with van der Waals surface area (Å²) in [6, 6.07) is 8.07. The van der Waals surface area contributed by atoms with Crippen LogP contribution in [0.3, 0.4) is 0 Å². The minimum Gasteiger partial charge on any atom is -0.376 e. The minimum atomic E-state index is 0.719. The highest BCUT2D eigenvalue weighted by Crippen LogP contribution is 2.26. The number of rotatable bonds is 4. The van der Waals surface area contributed by atoms with Gasteiger partial charge in [0.2, 0.25) is 0 Å². The molecule has 0 spiro atoms. The van der Waals surface area contributed by atoms with Gasteiger partial charge in [-0.15, -0.1) is 0 Å². The van der Waals surface area contributed by atoms with Crippen LogP contribution in [0.4, 0.5) is 23.0 Å². The lowest BCUT2D eigenvalue weighted by Gasteiger charge is -2.18. The van der Waals surface area contributed by atoms with Crippen LogP contribution in [-0.4, -0.2) is 31.1 Å². The smallest absolute Gasteiger partial charge is 0.151 e. The lowest BCUT2D eigenvalue weighted by Crippen LogP contribution is -2.11. The molecular weight excluding hydrogens is 226 g/mol. The number of hydrogen-bond donors (Lipinski definition) is 2. The molecule has 5 nitrogen and oxygen atoms in total. The molecule has 0 unspecified atom stereocenters. The summed E-state index contributed by atoms with van der Waals surface area (Å²) in [5.74, 6) is 1.46. The molecule has 0 bridgehead atoms. The first-order chi connectivity index (χ1) is 8.70. The molecule has 0 atom stereocenters. The van der Waals surface area contributed by atoms with Gasteiger partial charge in [-0.2, -0.15) is 0 Å². The monoisotopic (exact) mass is 243 g/mol. The molecule has 2 aromatic rings. The SMILES string of the molecule is CNc1cncc(Nc2ccccc2N(C)C)n1. The molecular formula is C13H17N5. The zero-order chi connectivity index (χ0) is 13.0. The van der Waals surface area contributed by atoms with Crippen LogP contribution < -0.4 is 15.5 Å². The van der Waals surface area contributed by atoms with Crippen molar-refractivity contribution in [3.8, 4) is 0 Å². The van der Waals surface area contributed by atoms with Gasteiger partial charge in [0.15, 0.2) is 5.82 Å². The predicted molar refractivity (Wildman–Crippen MR) is 75.6 cm³/mol. The Morgan fingerprint density at radius 3 is 2.50 bits per heavy atom. The molecule has 1 aromatic carbocycles. The van der Waals surface area contributed by atoms with Crippen molar-refractivity contribution in [3.05, 3.63) is 36.7 Å². The normalized spacial score (nSPS) is 9.94. The lowest BCUT2D eigenvalue weighted by atomic mass is 10.2. The van der Waals surface area contributed by atoms with E-state index in [0.29, 0.717) is 0 Å². The summed E-state index contributed by atoms with van der Waals surface area (Å²) in [5.41, 5.74) is 2.11. The molecule has 1 aromatic heterocycles. The van der Waals surface area contributed by atoms with E-state index in [2.05, 4.69) is 31.6 Å². The molecule has 2 N–H and O–H groups in total. The van der Waals surface area contributed by atoms with Gasteiger partial charge in [-0.25, -0.2) is 4.98 Å². The molecule has 2 rings (SSSR count). The van der Waals surface area contributed by atoms with Gasteiger partial charge in [-0.1, -0.05) is 12.1 Å². The number of anilines is 4. The third-order valence-corrected chi connectivity index (χ3v) is 2.54. The first kappa shape index (κ1) is 12.2. The van der Waals surface area contributed by atoms with Gasteiger partial charge in [0.1, 0.15) is 5.82 Å². The van der Waals surface area contributed by atoms with E-state index >= 15 is 0 Å². The maximum atomic E-state index is 4.38. The Hall–Kier alpha value is -2.30. The van der Waals surface area contributed by atoms with Crippen LogP contribution in [0.15, 0.2) is 36.7 Å². The van der Waals surface area contributed by atoms with Crippen LogP contribution in [0.5, 0.6) is 0 Å².